The number of aromatic nitrogens is 3. The van der Waals surface area contributed by atoms with Gasteiger partial charge in [-0.3, -0.25) is 0 Å². The zero-order chi connectivity index (χ0) is 18.3. The van der Waals surface area contributed by atoms with Crippen LogP contribution in [0.4, 0.5) is 5.82 Å². The SMILES string of the molecule is Cc1nc(C)c(-c2nc3ccccc3s2)c(NC2CC(CO)(CO)C2)n1. The molecule has 2 aromatic heterocycles. The van der Waals surface area contributed by atoms with E-state index in [1.165, 1.54) is 0 Å². The molecule has 0 radical (unpaired) electrons. The molecule has 0 bridgehead atoms. The van der Waals surface area contributed by atoms with Crippen LogP contribution in [0, 0.1) is 19.3 Å². The van der Waals surface area contributed by atoms with Crippen molar-refractivity contribution < 1.29 is 10.2 Å². The van der Waals surface area contributed by atoms with Crippen LogP contribution in [-0.4, -0.2) is 44.4 Å². The van der Waals surface area contributed by atoms with Gasteiger partial charge in [-0.15, -0.1) is 11.3 Å². The van der Waals surface area contributed by atoms with Crippen molar-refractivity contribution in [3.8, 4) is 10.6 Å². The molecule has 0 amide bonds. The van der Waals surface area contributed by atoms with E-state index in [4.69, 9.17) is 4.98 Å². The lowest BCUT2D eigenvalue weighted by Crippen LogP contribution is -2.49. The monoisotopic (exact) mass is 370 g/mol. The first-order valence-electron chi connectivity index (χ1n) is 8.73. The number of thiazole rings is 1. The summed E-state index contributed by atoms with van der Waals surface area (Å²) >= 11 is 1.63. The predicted octanol–water partition coefficient (Wildman–Crippen LogP) is 2.92. The summed E-state index contributed by atoms with van der Waals surface area (Å²) in [4.78, 5) is 13.9. The Hall–Kier alpha value is -2.09. The standard InChI is InChI=1S/C19H22N4O2S/c1-11-16(18-23-14-5-3-4-6-15(14)26-18)17(21-12(2)20-11)22-13-7-19(8-13,9-24)10-25/h3-6,13,24-25H,7-10H2,1-2H3,(H,20,21,22). The first-order valence-corrected chi connectivity index (χ1v) is 9.55. The van der Waals surface area contributed by atoms with Crippen molar-refractivity contribution in [1.82, 2.24) is 15.0 Å². The zero-order valence-corrected chi connectivity index (χ0v) is 15.7. The summed E-state index contributed by atoms with van der Waals surface area (Å²) in [6, 6.07) is 8.25. The molecule has 1 aliphatic rings. The van der Waals surface area contributed by atoms with Crippen LogP contribution in [0.2, 0.25) is 0 Å². The van der Waals surface area contributed by atoms with E-state index < -0.39 is 0 Å². The fourth-order valence-electron chi connectivity index (χ4n) is 3.64. The summed E-state index contributed by atoms with van der Waals surface area (Å²) in [6.07, 6.45) is 1.45. The molecule has 136 valence electrons. The van der Waals surface area contributed by atoms with Gasteiger partial charge in [-0.25, -0.2) is 15.0 Å². The summed E-state index contributed by atoms with van der Waals surface area (Å²) in [7, 11) is 0. The van der Waals surface area contributed by atoms with E-state index in [0.717, 1.165) is 45.1 Å². The van der Waals surface area contributed by atoms with Crippen LogP contribution >= 0.6 is 11.3 Å². The predicted molar refractivity (Wildman–Crippen MR) is 103 cm³/mol. The number of fused-ring (bicyclic) bond motifs is 1. The van der Waals surface area contributed by atoms with E-state index in [1.807, 2.05) is 32.0 Å². The van der Waals surface area contributed by atoms with Crippen LogP contribution in [0.15, 0.2) is 24.3 Å². The molecular weight excluding hydrogens is 348 g/mol. The normalized spacial score (nSPS) is 16.6. The largest absolute Gasteiger partial charge is 0.396 e. The minimum atomic E-state index is -0.370. The highest BCUT2D eigenvalue weighted by molar-refractivity contribution is 7.21. The number of aliphatic hydroxyl groups is 2. The Morgan fingerprint density at radius 1 is 1.12 bits per heavy atom. The van der Waals surface area contributed by atoms with E-state index >= 15 is 0 Å². The number of nitrogens with one attached hydrogen (secondary N) is 1. The third kappa shape index (κ3) is 2.96. The number of rotatable bonds is 5. The molecule has 0 unspecified atom stereocenters. The van der Waals surface area contributed by atoms with Gasteiger partial charge in [-0.05, 0) is 38.8 Å². The molecule has 0 spiro atoms. The molecule has 7 heteroatoms. The molecule has 3 aromatic rings. The third-order valence-corrected chi connectivity index (χ3v) is 6.13. The molecule has 3 N–H and O–H groups in total. The number of aryl methyl sites for hydroxylation is 2. The van der Waals surface area contributed by atoms with Gasteiger partial charge in [0.1, 0.15) is 16.6 Å². The number of benzene rings is 1. The molecule has 1 saturated carbocycles. The highest BCUT2D eigenvalue weighted by atomic mass is 32.1. The van der Waals surface area contributed by atoms with Gasteiger partial charge in [0.05, 0.1) is 34.7 Å². The summed E-state index contributed by atoms with van der Waals surface area (Å²) in [6.45, 7) is 3.88. The lowest BCUT2D eigenvalue weighted by molar-refractivity contribution is -0.0173. The van der Waals surface area contributed by atoms with Gasteiger partial charge < -0.3 is 15.5 Å². The van der Waals surface area contributed by atoms with Gasteiger partial charge in [0.2, 0.25) is 0 Å². The van der Waals surface area contributed by atoms with Gasteiger partial charge in [-0.1, -0.05) is 12.1 Å². The Bertz CT molecular complexity index is 911. The van der Waals surface area contributed by atoms with Crippen LogP contribution in [0.3, 0.4) is 0 Å². The fourth-order valence-corrected chi connectivity index (χ4v) is 4.71. The molecule has 2 heterocycles. The number of nitrogens with zero attached hydrogens (tertiary/aromatic N) is 3. The summed E-state index contributed by atoms with van der Waals surface area (Å²) in [5, 5.41) is 23.4. The quantitative estimate of drug-likeness (QED) is 0.640. The van der Waals surface area contributed by atoms with Crippen molar-refractivity contribution in [1.29, 1.82) is 0 Å². The number of anilines is 1. The molecule has 1 aliphatic carbocycles. The molecule has 0 aliphatic heterocycles. The van der Waals surface area contributed by atoms with E-state index in [0.29, 0.717) is 5.82 Å². The molecule has 0 atom stereocenters. The third-order valence-electron chi connectivity index (χ3n) is 5.08. The van der Waals surface area contributed by atoms with Crippen molar-refractivity contribution in [3.63, 3.8) is 0 Å². The minimum Gasteiger partial charge on any atom is -0.396 e. The lowest BCUT2D eigenvalue weighted by atomic mass is 9.66. The van der Waals surface area contributed by atoms with Crippen molar-refractivity contribution >= 4 is 27.4 Å². The van der Waals surface area contributed by atoms with Crippen molar-refractivity contribution in [3.05, 3.63) is 35.8 Å². The second-order valence-electron chi connectivity index (χ2n) is 7.13. The molecule has 26 heavy (non-hydrogen) atoms. The smallest absolute Gasteiger partial charge is 0.140 e. The Balaban J connectivity index is 1.69. The Morgan fingerprint density at radius 2 is 1.85 bits per heavy atom. The maximum Gasteiger partial charge on any atom is 0.140 e. The van der Waals surface area contributed by atoms with Gasteiger partial charge in [0.25, 0.3) is 0 Å². The molecule has 4 rings (SSSR count). The van der Waals surface area contributed by atoms with Crippen LogP contribution in [0.1, 0.15) is 24.4 Å². The number of hydrogen-bond donors (Lipinski definition) is 3. The Kier molecular flexibility index (Phi) is 4.38. The van der Waals surface area contributed by atoms with Gasteiger partial charge in [0.15, 0.2) is 0 Å². The Morgan fingerprint density at radius 3 is 2.54 bits per heavy atom. The minimum absolute atomic E-state index is 0.00817. The van der Waals surface area contributed by atoms with E-state index in [2.05, 4.69) is 21.4 Å². The number of para-hydroxylation sites is 1. The Labute approximate surface area is 156 Å². The summed E-state index contributed by atoms with van der Waals surface area (Å²) in [5.41, 5.74) is 2.43. The first-order chi connectivity index (χ1) is 12.5. The molecule has 1 aromatic carbocycles. The topological polar surface area (TPSA) is 91.2 Å². The van der Waals surface area contributed by atoms with Crippen LogP contribution in [0.5, 0.6) is 0 Å². The average Bonchev–Trinajstić information content (AvgIpc) is 3.00. The summed E-state index contributed by atoms with van der Waals surface area (Å²) < 4.78 is 1.14. The molecular formula is C19H22N4O2S. The molecule has 6 nitrogen and oxygen atoms in total. The second kappa shape index (κ2) is 6.57. The van der Waals surface area contributed by atoms with Crippen molar-refractivity contribution in [2.45, 2.75) is 32.7 Å². The van der Waals surface area contributed by atoms with Crippen molar-refractivity contribution in [2.75, 3.05) is 18.5 Å². The van der Waals surface area contributed by atoms with E-state index in [9.17, 15) is 10.2 Å². The maximum atomic E-state index is 9.50. The highest BCUT2D eigenvalue weighted by Crippen LogP contribution is 2.43. The number of hydrogen-bond acceptors (Lipinski definition) is 7. The van der Waals surface area contributed by atoms with Crippen LogP contribution < -0.4 is 5.32 Å². The van der Waals surface area contributed by atoms with E-state index in [1.54, 1.807) is 11.3 Å². The lowest BCUT2D eigenvalue weighted by Gasteiger charge is -2.46. The maximum absolute atomic E-state index is 9.50. The average molecular weight is 370 g/mol. The second-order valence-corrected chi connectivity index (χ2v) is 8.16. The zero-order valence-electron chi connectivity index (χ0n) is 14.9. The van der Waals surface area contributed by atoms with Crippen LogP contribution in [-0.2, 0) is 0 Å². The van der Waals surface area contributed by atoms with Crippen LogP contribution in [0.25, 0.3) is 20.8 Å². The summed E-state index contributed by atoms with van der Waals surface area (Å²) in [5.74, 6) is 1.49. The first kappa shape index (κ1) is 17.3. The fraction of sp³-hybridized carbons (Fsp3) is 0.421. The van der Waals surface area contributed by atoms with Gasteiger partial charge >= 0.3 is 0 Å². The molecule has 1 fully saturated rings. The number of aliphatic hydroxyl groups excluding tert-OH is 2. The van der Waals surface area contributed by atoms with Crippen molar-refractivity contribution in [2.24, 2.45) is 5.41 Å². The highest BCUT2D eigenvalue weighted by Gasteiger charge is 2.43. The van der Waals surface area contributed by atoms with Gasteiger partial charge in [0, 0.05) is 11.5 Å². The van der Waals surface area contributed by atoms with Gasteiger partial charge in [-0.2, -0.15) is 0 Å². The molecule has 0 saturated heterocycles. The van der Waals surface area contributed by atoms with E-state index in [-0.39, 0.29) is 24.7 Å².